The second-order valence-electron chi connectivity index (χ2n) is 7.58. The van der Waals surface area contributed by atoms with Crippen LogP contribution in [0.5, 0.6) is 5.75 Å². The highest BCUT2D eigenvalue weighted by molar-refractivity contribution is 7.20. The summed E-state index contributed by atoms with van der Waals surface area (Å²) in [6.45, 7) is 3.86. The molecule has 0 saturated carbocycles. The fraction of sp³-hybridized carbons (Fsp3) is 0.364. The summed E-state index contributed by atoms with van der Waals surface area (Å²) in [7, 11) is 1.51. The molecule has 2 N–H and O–H groups in total. The van der Waals surface area contributed by atoms with Crippen LogP contribution in [0.4, 0.5) is 11.4 Å². The van der Waals surface area contributed by atoms with Crippen LogP contribution in [0.2, 0.25) is 0 Å². The lowest BCUT2D eigenvalue weighted by Gasteiger charge is -2.12. The van der Waals surface area contributed by atoms with Crippen LogP contribution in [-0.2, 0) is 17.8 Å². The minimum absolute atomic E-state index is 0.0695. The lowest BCUT2D eigenvalue weighted by molar-refractivity contribution is -0.114. The monoisotopic (exact) mass is 440 g/mol. The third kappa shape index (κ3) is 4.05. The van der Waals surface area contributed by atoms with Gasteiger partial charge in [-0.3, -0.25) is 19.0 Å². The van der Waals surface area contributed by atoms with Crippen molar-refractivity contribution in [2.24, 2.45) is 0 Å². The highest BCUT2D eigenvalue weighted by Crippen LogP contribution is 2.32. The Morgan fingerprint density at radius 2 is 2.00 bits per heavy atom. The normalized spacial score (nSPS) is 13.4. The van der Waals surface area contributed by atoms with Gasteiger partial charge in [-0.15, -0.1) is 11.3 Å². The number of methoxy groups -OCH3 is 1. The minimum Gasteiger partial charge on any atom is -0.495 e. The first kappa shape index (κ1) is 21.0. The Kier molecular flexibility index (Phi) is 5.77. The largest absolute Gasteiger partial charge is 0.495 e. The van der Waals surface area contributed by atoms with E-state index in [1.54, 1.807) is 29.7 Å². The summed E-state index contributed by atoms with van der Waals surface area (Å²) in [5.41, 5.74) is 1.53. The van der Waals surface area contributed by atoms with Gasteiger partial charge in [0.2, 0.25) is 5.91 Å². The highest BCUT2D eigenvalue weighted by Gasteiger charge is 2.23. The predicted octanol–water partition coefficient (Wildman–Crippen LogP) is 3.71. The van der Waals surface area contributed by atoms with Gasteiger partial charge < -0.3 is 15.4 Å². The van der Waals surface area contributed by atoms with E-state index in [4.69, 9.17) is 9.72 Å². The smallest absolute Gasteiger partial charge is 0.266 e. The number of ether oxygens (including phenoxy) is 1. The first-order valence-electron chi connectivity index (χ1n) is 10.2. The van der Waals surface area contributed by atoms with Crippen LogP contribution in [0.1, 0.15) is 47.2 Å². The Balaban J connectivity index is 1.72. The van der Waals surface area contributed by atoms with Gasteiger partial charge in [0, 0.05) is 25.6 Å². The van der Waals surface area contributed by atoms with Gasteiger partial charge in [-0.25, -0.2) is 4.98 Å². The molecular formula is C22H24N4O4S. The summed E-state index contributed by atoms with van der Waals surface area (Å²) in [6, 6.07) is 5.00. The number of nitrogens with zero attached hydrogens (tertiary/aromatic N) is 2. The average Bonchev–Trinajstić information content (AvgIpc) is 2.89. The molecule has 2 aromatic heterocycles. The van der Waals surface area contributed by atoms with Gasteiger partial charge in [0.25, 0.3) is 11.5 Å². The molecule has 4 rings (SSSR count). The van der Waals surface area contributed by atoms with E-state index in [1.165, 1.54) is 25.4 Å². The van der Waals surface area contributed by atoms with Crippen LogP contribution in [0.15, 0.2) is 23.0 Å². The molecule has 1 aliphatic heterocycles. The van der Waals surface area contributed by atoms with E-state index in [9.17, 15) is 14.4 Å². The molecule has 3 aromatic rings. The molecule has 2 amide bonds. The van der Waals surface area contributed by atoms with Gasteiger partial charge >= 0.3 is 0 Å². The number of amides is 2. The van der Waals surface area contributed by atoms with Crippen molar-refractivity contribution in [2.45, 2.75) is 46.1 Å². The van der Waals surface area contributed by atoms with Crippen LogP contribution in [0.3, 0.4) is 0 Å². The van der Waals surface area contributed by atoms with Crippen molar-refractivity contribution in [1.82, 2.24) is 9.55 Å². The summed E-state index contributed by atoms with van der Waals surface area (Å²) < 4.78 is 7.10. The van der Waals surface area contributed by atoms with Crippen LogP contribution in [-0.4, -0.2) is 28.5 Å². The van der Waals surface area contributed by atoms with Crippen molar-refractivity contribution < 1.29 is 14.3 Å². The molecule has 0 radical (unpaired) electrons. The molecule has 9 heteroatoms. The molecule has 162 valence electrons. The van der Waals surface area contributed by atoms with E-state index >= 15 is 0 Å². The summed E-state index contributed by atoms with van der Waals surface area (Å²) in [4.78, 5) is 43.4. The molecule has 0 fully saturated rings. The lowest BCUT2D eigenvalue weighted by atomic mass is 10.2. The molecule has 0 atom stereocenters. The molecule has 31 heavy (non-hydrogen) atoms. The standard InChI is InChI=1S/C22H24N4O4S/c1-12-18-21(25-17-7-5-4-6-10-26(17)22(18)29)31-19(12)20(28)24-15-11-14(23-13(2)27)8-9-16(15)30-3/h8-9,11H,4-7,10H2,1-3H3,(H,23,27)(H,24,28). The molecular weight excluding hydrogens is 416 g/mol. The third-order valence-electron chi connectivity index (χ3n) is 5.39. The fourth-order valence-corrected chi connectivity index (χ4v) is 4.98. The summed E-state index contributed by atoms with van der Waals surface area (Å²) in [5, 5.41) is 6.05. The zero-order valence-electron chi connectivity index (χ0n) is 17.7. The van der Waals surface area contributed by atoms with E-state index in [2.05, 4.69) is 10.6 Å². The number of fused-ring (bicyclic) bond motifs is 2. The number of benzene rings is 1. The number of carbonyl (C=O) groups excluding carboxylic acids is 2. The average molecular weight is 441 g/mol. The van der Waals surface area contributed by atoms with Gasteiger partial charge in [-0.1, -0.05) is 6.42 Å². The van der Waals surface area contributed by atoms with Crippen LogP contribution >= 0.6 is 11.3 Å². The number of nitrogens with one attached hydrogen (secondary N) is 2. The third-order valence-corrected chi connectivity index (χ3v) is 6.57. The zero-order chi connectivity index (χ0) is 22.1. The summed E-state index contributed by atoms with van der Waals surface area (Å²) in [5.74, 6) is 0.700. The predicted molar refractivity (Wildman–Crippen MR) is 121 cm³/mol. The molecule has 1 aliphatic rings. The number of aromatic nitrogens is 2. The van der Waals surface area contributed by atoms with Crippen LogP contribution in [0.25, 0.3) is 10.2 Å². The molecule has 3 heterocycles. The van der Waals surface area contributed by atoms with Crippen molar-refractivity contribution in [3.8, 4) is 5.75 Å². The van der Waals surface area contributed by atoms with E-state index < -0.39 is 0 Å². The fourth-order valence-electron chi connectivity index (χ4n) is 3.89. The quantitative estimate of drug-likeness (QED) is 0.644. The molecule has 0 saturated heterocycles. The molecule has 0 bridgehead atoms. The number of anilines is 2. The Morgan fingerprint density at radius 1 is 1.19 bits per heavy atom. The Morgan fingerprint density at radius 3 is 2.74 bits per heavy atom. The van der Waals surface area contributed by atoms with E-state index in [-0.39, 0.29) is 17.4 Å². The summed E-state index contributed by atoms with van der Waals surface area (Å²) >= 11 is 1.23. The van der Waals surface area contributed by atoms with Crippen molar-refractivity contribution in [2.75, 3.05) is 17.7 Å². The number of thiophene rings is 1. The Bertz CT molecular complexity index is 1240. The topological polar surface area (TPSA) is 102 Å². The van der Waals surface area contributed by atoms with Crippen molar-refractivity contribution in [3.05, 3.63) is 44.8 Å². The Labute approximate surface area is 183 Å². The zero-order valence-corrected chi connectivity index (χ0v) is 18.5. The van der Waals surface area contributed by atoms with Crippen molar-refractivity contribution in [3.63, 3.8) is 0 Å². The second-order valence-corrected chi connectivity index (χ2v) is 8.58. The minimum atomic E-state index is -0.349. The molecule has 1 aromatic carbocycles. The van der Waals surface area contributed by atoms with Crippen LogP contribution < -0.4 is 20.9 Å². The first-order valence-corrected chi connectivity index (χ1v) is 11.0. The maximum atomic E-state index is 13.1. The van der Waals surface area contributed by atoms with Crippen molar-refractivity contribution in [1.29, 1.82) is 0 Å². The number of aryl methyl sites for hydroxylation is 2. The summed E-state index contributed by atoms with van der Waals surface area (Å²) in [6.07, 6.45) is 3.83. The maximum absolute atomic E-state index is 13.1. The van der Waals surface area contributed by atoms with Crippen LogP contribution in [0, 0.1) is 6.92 Å². The SMILES string of the molecule is COc1ccc(NC(C)=O)cc1NC(=O)c1sc2nc3n(c(=O)c2c1C)CCCCC3. The van der Waals surface area contributed by atoms with Gasteiger partial charge in [0.1, 0.15) is 16.4 Å². The molecule has 0 unspecified atom stereocenters. The van der Waals surface area contributed by atoms with Gasteiger partial charge in [-0.2, -0.15) is 0 Å². The van der Waals surface area contributed by atoms with Gasteiger partial charge in [0.05, 0.1) is 23.1 Å². The highest BCUT2D eigenvalue weighted by atomic mass is 32.1. The van der Waals surface area contributed by atoms with Gasteiger partial charge in [-0.05, 0) is 43.5 Å². The van der Waals surface area contributed by atoms with E-state index in [0.717, 1.165) is 31.5 Å². The molecule has 0 aliphatic carbocycles. The van der Waals surface area contributed by atoms with E-state index in [0.29, 0.717) is 44.3 Å². The lowest BCUT2D eigenvalue weighted by Crippen LogP contribution is -2.24. The number of rotatable bonds is 4. The maximum Gasteiger partial charge on any atom is 0.266 e. The number of hydrogen-bond donors (Lipinski definition) is 2. The molecule has 0 spiro atoms. The van der Waals surface area contributed by atoms with Crippen molar-refractivity contribution >= 4 is 44.7 Å². The number of hydrogen-bond acceptors (Lipinski definition) is 6. The van der Waals surface area contributed by atoms with Gasteiger partial charge in [0.15, 0.2) is 0 Å². The Hall–Kier alpha value is -3.20. The molecule has 8 nitrogen and oxygen atoms in total. The number of carbonyl (C=O) groups is 2. The van der Waals surface area contributed by atoms with E-state index in [1.807, 2.05) is 0 Å². The second kappa shape index (κ2) is 8.50. The first-order chi connectivity index (χ1) is 14.9.